The molecule has 144 valence electrons. The maximum Gasteiger partial charge on any atom is 0.518 e. The van der Waals surface area contributed by atoms with Crippen LogP contribution in [0.2, 0.25) is 0 Å². The summed E-state index contributed by atoms with van der Waals surface area (Å²) in [6.07, 6.45) is 1.31. The third kappa shape index (κ3) is 5.20. The third-order valence-corrected chi connectivity index (χ3v) is 4.03. The molecular weight excluding hydrogens is 368 g/mol. The maximum absolute atomic E-state index is 11.3. The summed E-state index contributed by atoms with van der Waals surface area (Å²) in [5.41, 5.74) is 4.03. The van der Waals surface area contributed by atoms with Crippen molar-refractivity contribution in [2.45, 2.75) is 0 Å². The number of carbonyl (C=O) groups is 2. The molecule has 0 atom stereocenters. The lowest BCUT2D eigenvalue weighted by Crippen LogP contribution is -2.06. The van der Waals surface area contributed by atoms with Crippen molar-refractivity contribution in [2.24, 2.45) is 0 Å². The highest BCUT2D eigenvalue weighted by Gasteiger charge is 2.06. The molecule has 0 bridgehead atoms. The van der Waals surface area contributed by atoms with Gasteiger partial charge in [-0.15, -0.1) is 0 Å². The molecule has 0 N–H and O–H groups in total. The fourth-order valence-corrected chi connectivity index (χ4v) is 2.63. The van der Waals surface area contributed by atoms with Crippen LogP contribution in [0.25, 0.3) is 22.3 Å². The van der Waals surface area contributed by atoms with Crippen molar-refractivity contribution >= 4 is 12.1 Å². The van der Waals surface area contributed by atoms with E-state index < -0.39 is 12.1 Å². The Kier molecular flexibility index (Phi) is 6.22. The van der Waals surface area contributed by atoms with Crippen LogP contribution in [0.3, 0.4) is 0 Å². The minimum absolute atomic E-state index is 0.384. The number of ether oxygens (including phenoxy) is 3. The van der Waals surface area contributed by atoms with Gasteiger partial charge in [0.15, 0.2) is 0 Å². The standard InChI is InChI=1S/C24H18O5/c1-3-23(25)28-21-13-9-19(10-14-21)17-5-7-18(8-6-17)20-11-15-22(16-12-20)29-24(26)27-4-2/h3-16H,1-2H2. The summed E-state index contributed by atoms with van der Waals surface area (Å²) in [4.78, 5) is 22.5. The molecule has 3 rings (SSSR count). The number of carbonyl (C=O) groups excluding carboxylic acids is 2. The van der Waals surface area contributed by atoms with Crippen molar-refractivity contribution in [3.05, 3.63) is 98.3 Å². The molecule has 0 aliphatic carbocycles. The highest BCUT2D eigenvalue weighted by molar-refractivity contribution is 5.83. The molecule has 0 fully saturated rings. The lowest BCUT2D eigenvalue weighted by molar-refractivity contribution is -0.128. The van der Waals surface area contributed by atoms with Crippen molar-refractivity contribution < 1.29 is 23.8 Å². The lowest BCUT2D eigenvalue weighted by atomic mass is 10.0. The van der Waals surface area contributed by atoms with Crippen LogP contribution in [0.5, 0.6) is 11.5 Å². The highest BCUT2D eigenvalue weighted by atomic mass is 16.7. The molecule has 29 heavy (non-hydrogen) atoms. The summed E-state index contributed by atoms with van der Waals surface area (Å²) < 4.78 is 14.6. The molecule has 0 amide bonds. The molecule has 5 heteroatoms. The second kappa shape index (κ2) is 9.19. The zero-order valence-electron chi connectivity index (χ0n) is 15.5. The second-order valence-electron chi connectivity index (χ2n) is 5.89. The smallest absolute Gasteiger partial charge is 0.423 e. The van der Waals surface area contributed by atoms with E-state index in [2.05, 4.69) is 17.9 Å². The van der Waals surface area contributed by atoms with Crippen LogP contribution in [-0.4, -0.2) is 12.1 Å². The van der Waals surface area contributed by atoms with E-state index in [0.29, 0.717) is 11.5 Å². The molecule has 0 spiro atoms. The van der Waals surface area contributed by atoms with E-state index in [4.69, 9.17) is 9.47 Å². The molecule has 0 radical (unpaired) electrons. The largest absolute Gasteiger partial charge is 0.518 e. The van der Waals surface area contributed by atoms with E-state index in [-0.39, 0.29) is 0 Å². The van der Waals surface area contributed by atoms with E-state index in [9.17, 15) is 9.59 Å². The summed E-state index contributed by atoms with van der Waals surface area (Å²) in [6, 6.07) is 22.4. The van der Waals surface area contributed by atoms with Crippen LogP contribution in [0.4, 0.5) is 4.79 Å². The molecule has 0 aliphatic rings. The minimum Gasteiger partial charge on any atom is -0.423 e. The Labute approximate surface area is 168 Å². The molecule has 5 nitrogen and oxygen atoms in total. The van der Waals surface area contributed by atoms with Crippen molar-refractivity contribution in [1.82, 2.24) is 0 Å². The van der Waals surface area contributed by atoms with Crippen LogP contribution in [0.15, 0.2) is 98.3 Å². The summed E-state index contributed by atoms with van der Waals surface area (Å²) >= 11 is 0. The van der Waals surface area contributed by atoms with Gasteiger partial charge in [-0.2, -0.15) is 0 Å². The third-order valence-electron chi connectivity index (χ3n) is 4.03. The minimum atomic E-state index is -0.831. The van der Waals surface area contributed by atoms with Crippen molar-refractivity contribution in [2.75, 3.05) is 0 Å². The first kappa shape index (κ1) is 19.6. The van der Waals surface area contributed by atoms with Gasteiger partial charge in [0.2, 0.25) is 0 Å². The molecule has 0 aromatic heterocycles. The summed E-state index contributed by atoms with van der Waals surface area (Å²) in [5.74, 6) is 0.361. The van der Waals surface area contributed by atoms with Gasteiger partial charge < -0.3 is 14.2 Å². The molecule has 0 saturated carbocycles. The monoisotopic (exact) mass is 386 g/mol. The van der Waals surface area contributed by atoms with Crippen LogP contribution in [0.1, 0.15) is 0 Å². The summed E-state index contributed by atoms with van der Waals surface area (Å²) in [5, 5.41) is 0. The normalized spacial score (nSPS) is 9.93. The predicted octanol–water partition coefficient (Wildman–Crippen LogP) is 5.77. The van der Waals surface area contributed by atoms with Crippen LogP contribution < -0.4 is 9.47 Å². The second-order valence-corrected chi connectivity index (χ2v) is 5.89. The SMILES string of the molecule is C=COC(=O)Oc1ccc(-c2ccc(-c3ccc(OC(=O)C=C)cc3)cc2)cc1. The number of benzene rings is 3. The van der Waals surface area contributed by atoms with Gasteiger partial charge in [0.1, 0.15) is 11.5 Å². The highest BCUT2D eigenvalue weighted by Crippen LogP contribution is 2.27. The van der Waals surface area contributed by atoms with Crippen molar-refractivity contribution in [3.63, 3.8) is 0 Å². The van der Waals surface area contributed by atoms with Crippen LogP contribution >= 0.6 is 0 Å². The Morgan fingerprint density at radius 1 is 0.621 bits per heavy atom. The van der Waals surface area contributed by atoms with Crippen LogP contribution in [-0.2, 0) is 9.53 Å². The fourth-order valence-electron chi connectivity index (χ4n) is 2.63. The first-order chi connectivity index (χ1) is 14.1. The number of esters is 1. The molecule has 3 aromatic carbocycles. The number of hydrogen-bond acceptors (Lipinski definition) is 5. The molecule has 0 unspecified atom stereocenters. The van der Waals surface area contributed by atoms with Crippen LogP contribution in [0, 0.1) is 0 Å². The van der Waals surface area contributed by atoms with Gasteiger partial charge >= 0.3 is 12.1 Å². The van der Waals surface area contributed by atoms with E-state index in [1.54, 1.807) is 24.3 Å². The summed E-state index contributed by atoms with van der Waals surface area (Å²) in [7, 11) is 0. The Morgan fingerprint density at radius 3 is 1.38 bits per heavy atom. The van der Waals surface area contributed by atoms with Gasteiger partial charge in [0.25, 0.3) is 0 Å². The Hall–Kier alpha value is -4.12. The van der Waals surface area contributed by atoms with Gasteiger partial charge in [0.05, 0.1) is 6.26 Å². The van der Waals surface area contributed by atoms with E-state index >= 15 is 0 Å². The Balaban J connectivity index is 1.69. The average Bonchev–Trinajstić information content (AvgIpc) is 2.75. The molecular formula is C24H18O5. The molecule has 0 heterocycles. The van der Waals surface area contributed by atoms with Crippen molar-refractivity contribution in [3.8, 4) is 33.8 Å². The van der Waals surface area contributed by atoms with Crippen molar-refractivity contribution in [1.29, 1.82) is 0 Å². The Morgan fingerprint density at radius 2 is 1.00 bits per heavy atom. The lowest BCUT2D eigenvalue weighted by Gasteiger charge is -2.07. The van der Waals surface area contributed by atoms with Gasteiger partial charge in [-0.3, -0.25) is 0 Å². The van der Waals surface area contributed by atoms with Gasteiger partial charge in [0, 0.05) is 6.08 Å². The average molecular weight is 386 g/mol. The first-order valence-electron chi connectivity index (χ1n) is 8.73. The number of rotatable bonds is 6. The first-order valence-corrected chi connectivity index (χ1v) is 8.73. The van der Waals surface area contributed by atoms with E-state index in [1.807, 2.05) is 48.5 Å². The quantitative estimate of drug-likeness (QED) is 0.177. The molecule has 0 aliphatic heterocycles. The molecule has 0 saturated heterocycles. The topological polar surface area (TPSA) is 61.8 Å². The van der Waals surface area contributed by atoms with Gasteiger partial charge in [-0.05, 0) is 46.5 Å². The summed E-state index contributed by atoms with van der Waals surface area (Å²) in [6.45, 7) is 6.67. The maximum atomic E-state index is 11.3. The van der Waals surface area contributed by atoms with E-state index in [1.165, 1.54) is 0 Å². The zero-order chi connectivity index (χ0) is 20.6. The van der Waals surface area contributed by atoms with Gasteiger partial charge in [-0.1, -0.05) is 61.7 Å². The Bertz CT molecular complexity index is 1020. The van der Waals surface area contributed by atoms with Gasteiger partial charge in [-0.25, -0.2) is 9.59 Å². The molecule has 3 aromatic rings. The fraction of sp³-hybridized carbons (Fsp3) is 0. The zero-order valence-corrected chi connectivity index (χ0v) is 15.5. The van der Waals surface area contributed by atoms with E-state index in [0.717, 1.165) is 34.6 Å². The number of hydrogen-bond donors (Lipinski definition) is 0. The predicted molar refractivity (Wildman–Crippen MR) is 110 cm³/mol.